The molecule has 0 radical (unpaired) electrons. The molecule has 0 aromatic heterocycles. The van der Waals surface area contributed by atoms with E-state index in [-0.39, 0.29) is 49.8 Å². The molecule has 4 N–H and O–H groups in total. The first kappa shape index (κ1) is 19.5. The van der Waals surface area contributed by atoms with Crippen LogP contribution < -0.4 is 11.5 Å². The second-order valence-electron chi connectivity index (χ2n) is 4.43. The topological polar surface area (TPSA) is 98.7 Å². The smallest absolute Gasteiger partial charge is 0.237 e. The average Bonchev–Trinajstić information content (AvgIpc) is 2.23. The highest BCUT2D eigenvalue weighted by Crippen LogP contribution is 2.04. The molecule has 0 bridgehead atoms. The summed E-state index contributed by atoms with van der Waals surface area (Å²) < 4.78 is 5.04. The van der Waals surface area contributed by atoms with Crippen LogP contribution in [0.25, 0.3) is 0 Å². The Morgan fingerprint density at radius 3 is 2.22 bits per heavy atom. The number of hydrogen-bond acceptors (Lipinski definition) is 4. The number of nitrogens with zero attached hydrogens (tertiary/aromatic N) is 1. The Kier molecular flexibility index (Phi) is 10.9. The summed E-state index contributed by atoms with van der Waals surface area (Å²) in [4.78, 5) is 24.3. The Bertz CT molecular complexity index is 258. The molecule has 1 atom stereocenters. The van der Waals surface area contributed by atoms with Gasteiger partial charge in [0, 0.05) is 20.2 Å². The number of methoxy groups -OCH3 is 1. The van der Waals surface area contributed by atoms with E-state index in [2.05, 4.69) is 0 Å². The fourth-order valence-corrected chi connectivity index (χ4v) is 1.47. The van der Waals surface area contributed by atoms with Gasteiger partial charge < -0.3 is 21.1 Å². The van der Waals surface area contributed by atoms with Gasteiger partial charge in [-0.3, -0.25) is 9.59 Å². The van der Waals surface area contributed by atoms with Crippen molar-refractivity contribution in [2.75, 3.05) is 26.7 Å². The quantitative estimate of drug-likeness (QED) is 0.640. The number of primary amides is 1. The summed E-state index contributed by atoms with van der Waals surface area (Å²) in [6.07, 6.45) is -0.141. The lowest BCUT2D eigenvalue weighted by atomic mass is 10.1. The maximum Gasteiger partial charge on any atom is 0.237 e. The van der Waals surface area contributed by atoms with Crippen molar-refractivity contribution in [1.29, 1.82) is 0 Å². The van der Waals surface area contributed by atoms with E-state index in [1.807, 2.05) is 13.8 Å². The fraction of sp³-hybridized carbons (Fsp3) is 0.818. The van der Waals surface area contributed by atoms with Crippen molar-refractivity contribution in [3.63, 3.8) is 0 Å². The van der Waals surface area contributed by atoms with Crippen LogP contribution in [0.15, 0.2) is 0 Å². The molecule has 6 nitrogen and oxygen atoms in total. The lowest BCUT2D eigenvalue weighted by Gasteiger charge is -2.24. The molecule has 2 amide bonds. The summed E-state index contributed by atoms with van der Waals surface area (Å²) in [7, 11) is 1.51. The van der Waals surface area contributed by atoms with Crippen LogP contribution in [0.2, 0.25) is 0 Å². The van der Waals surface area contributed by atoms with E-state index in [4.69, 9.17) is 16.2 Å². The van der Waals surface area contributed by atoms with Gasteiger partial charge in [-0.15, -0.1) is 12.4 Å². The minimum absolute atomic E-state index is 0. The molecule has 0 spiro atoms. The van der Waals surface area contributed by atoms with Gasteiger partial charge in [0.05, 0.1) is 19.1 Å². The first-order valence-electron chi connectivity index (χ1n) is 5.69. The second kappa shape index (κ2) is 10.1. The van der Waals surface area contributed by atoms with Crippen LogP contribution in [0.3, 0.4) is 0 Å². The van der Waals surface area contributed by atoms with Gasteiger partial charge in [0.15, 0.2) is 0 Å². The Labute approximate surface area is 114 Å². The van der Waals surface area contributed by atoms with Crippen LogP contribution in [0.5, 0.6) is 0 Å². The summed E-state index contributed by atoms with van der Waals surface area (Å²) in [5, 5.41) is 0. The zero-order valence-electron chi connectivity index (χ0n) is 11.2. The van der Waals surface area contributed by atoms with Crippen molar-refractivity contribution in [1.82, 2.24) is 4.90 Å². The number of rotatable bonds is 8. The third-order valence-corrected chi connectivity index (χ3v) is 2.28. The zero-order chi connectivity index (χ0) is 13.4. The summed E-state index contributed by atoms with van der Waals surface area (Å²) in [5.41, 5.74) is 10.6. The van der Waals surface area contributed by atoms with Gasteiger partial charge in [-0.2, -0.15) is 0 Å². The fourth-order valence-electron chi connectivity index (χ4n) is 1.47. The van der Waals surface area contributed by atoms with E-state index in [0.29, 0.717) is 6.54 Å². The van der Waals surface area contributed by atoms with Gasteiger partial charge in [-0.25, -0.2) is 0 Å². The molecule has 0 aliphatic heterocycles. The Morgan fingerprint density at radius 2 is 1.89 bits per heavy atom. The van der Waals surface area contributed by atoms with Crippen molar-refractivity contribution in [2.45, 2.75) is 26.4 Å². The molecule has 0 aromatic rings. The number of amides is 2. The summed E-state index contributed by atoms with van der Waals surface area (Å²) >= 11 is 0. The number of ether oxygens (including phenoxy) is 1. The minimum atomic E-state index is -0.513. The van der Waals surface area contributed by atoms with Crippen LogP contribution in [-0.2, 0) is 14.3 Å². The van der Waals surface area contributed by atoms with Crippen LogP contribution in [0.1, 0.15) is 20.3 Å². The Balaban J connectivity index is 0. The summed E-state index contributed by atoms with van der Waals surface area (Å²) in [6, 6.07) is 0. The molecule has 0 heterocycles. The van der Waals surface area contributed by atoms with Gasteiger partial charge in [-0.05, 0) is 5.92 Å². The van der Waals surface area contributed by atoms with Gasteiger partial charge in [-0.1, -0.05) is 13.8 Å². The molecule has 18 heavy (non-hydrogen) atoms. The maximum atomic E-state index is 11.9. The van der Waals surface area contributed by atoms with Gasteiger partial charge in [0.1, 0.15) is 0 Å². The molecular formula is C11H24ClN3O3. The number of carbonyl (C=O) groups is 2. The highest BCUT2D eigenvalue weighted by Gasteiger charge is 2.20. The van der Waals surface area contributed by atoms with Crippen molar-refractivity contribution >= 4 is 24.2 Å². The molecular weight excluding hydrogens is 258 g/mol. The van der Waals surface area contributed by atoms with Crippen LogP contribution in [0, 0.1) is 5.92 Å². The minimum Gasteiger partial charge on any atom is -0.380 e. The molecule has 0 aliphatic carbocycles. The Hall–Kier alpha value is -0.850. The summed E-state index contributed by atoms with van der Waals surface area (Å²) in [5.74, 6) is -0.396. The van der Waals surface area contributed by atoms with Crippen LogP contribution in [0.4, 0.5) is 0 Å². The molecule has 0 aromatic carbocycles. The first-order valence-corrected chi connectivity index (χ1v) is 5.69. The van der Waals surface area contributed by atoms with E-state index < -0.39 is 5.91 Å². The zero-order valence-corrected chi connectivity index (χ0v) is 12.0. The predicted molar refractivity (Wildman–Crippen MR) is 72.3 cm³/mol. The van der Waals surface area contributed by atoms with E-state index in [0.717, 1.165) is 0 Å². The van der Waals surface area contributed by atoms with Crippen molar-refractivity contribution in [3.8, 4) is 0 Å². The van der Waals surface area contributed by atoms with Crippen LogP contribution >= 0.6 is 12.4 Å². The largest absolute Gasteiger partial charge is 0.380 e. The average molecular weight is 282 g/mol. The van der Waals surface area contributed by atoms with E-state index in [1.54, 1.807) is 0 Å². The van der Waals surface area contributed by atoms with Crippen molar-refractivity contribution in [2.24, 2.45) is 17.4 Å². The number of hydrogen-bond donors (Lipinski definition) is 2. The van der Waals surface area contributed by atoms with E-state index in [1.165, 1.54) is 12.0 Å². The standard InChI is InChI=1S/C11H23N3O3.ClH/c1-8(2)6-14(7-10(13)15)11(16)4-9(5-12)17-3;/h8-9H,4-7,12H2,1-3H3,(H2,13,15);1H. The van der Waals surface area contributed by atoms with Crippen molar-refractivity contribution in [3.05, 3.63) is 0 Å². The predicted octanol–water partition coefficient (Wildman–Crippen LogP) is -0.258. The van der Waals surface area contributed by atoms with Crippen molar-refractivity contribution < 1.29 is 14.3 Å². The lowest BCUT2D eigenvalue weighted by molar-refractivity contribution is -0.137. The number of carbonyl (C=O) groups excluding carboxylic acids is 2. The molecule has 0 aliphatic rings. The lowest BCUT2D eigenvalue weighted by Crippen LogP contribution is -2.42. The second-order valence-corrected chi connectivity index (χ2v) is 4.43. The van der Waals surface area contributed by atoms with Crippen LogP contribution in [-0.4, -0.2) is 49.6 Å². The first-order chi connectivity index (χ1) is 7.90. The third kappa shape index (κ3) is 8.27. The molecule has 0 fully saturated rings. The third-order valence-electron chi connectivity index (χ3n) is 2.28. The summed E-state index contributed by atoms with van der Waals surface area (Å²) in [6.45, 7) is 4.66. The van der Waals surface area contributed by atoms with Gasteiger partial charge in [0.25, 0.3) is 0 Å². The molecule has 0 rings (SSSR count). The van der Waals surface area contributed by atoms with Gasteiger partial charge in [0.2, 0.25) is 11.8 Å². The highest BCUT2D eigenvalue weighted by atomic mass is 35.5. The number of nitrogens with two attached hydrogens (primary N) is 2. The molecule has 1 unspecified atom stereocenters. The Morgan fingerprint density at radius 1 is 1.33 bits per heavy atom. The number of halogens is 1. The molecule has 0 saturated carbocycles. The van der Waals surface area contributed by atoms with E-state index >= 15 is 0 Å². The van der Waals surface area contributed by atoms with Gasteiger partial charge >= 0.3 is 0 Å². The van der Waals surface area contributed by atoms with E-state index in [9.17, 15) is 9.59 Å². The molecule has 0 saturated heterocycles. The SMILES string of the molecule is COC(CN)CC(=O)N(CC(N)=O)CC(C)C.Cl. The molecule has 108 valence electrons. The normalized spacial score (nSPS) is 11.8. The monoisotopic (exact) mass is 281 g/mol. The molecule has 7 heteroatoms. The highest BCUT2D eigenvalue weighted by molar-refractivity contribution is 5.85. The maximum absolute atomic E-state index is 11.9.